The minimum absolute atomic E-state index is 0.00747. The Morgan fingerprint density at radius 2 is 1.82 bits per heavy atom. The van der Waals surface area contributed by atoms with Crippen LogP contribution in [0.1, 0.15) is 51.4 Å². The van der Waals surface area contributed by atoms with E-state index in [0.29, 0.717) is 40.6 Å². The molecule has 0 fully saturated rings. The zero-order valence-corrected chi connectivity index (χ0v) is 19.2. The minimum Gasteiger partial charge on any atom is -0.453 e. The summed E-state index contributed by atoms with van der Waals surface area (Å²) < 4.78 is 11.5. The zero-order chi connectivity index (χ0) is 23.7. The number of halogens is 1. The fraction of sp³-hybridized carbons (Fsp3) is 0.250. The number of nitrogens with one attached hydrogen (secondary N) is 1. The molecule has 0 saturated heterocycles. The second-order valence-electron chi connectivity index (χ2n) is 7.94. The molecular formula is C24H22ClN3O5. The van der Waals surface area contributed by atoms with Crippen LogP contribution in [-0.2, 0) is 6.42 Å². The van der Waals surface area contributed by atoms with E-state index >= 15 is 0 Å². The first kappa shape index (κ1) is 22.5. The summed E-state index contributed by atoms with van der Waals surface area (Å²) in [4.78, 5) is 23.2. The summed E-state index contributed by atoms with van der Waals surface area (Å²) in [6.45, 7) is 5.51. The number of hydrazone groups is 1. The maximum Gasteiger partial charge on any atom is 0.379 e. The molecule has 33 heavy (non-hydrogen) atoms. The van der Waals surface area contributed by atoms with Gasteiger partial charge in [0.1, 0.15) is 11.5 Å². The van der Waals surface area contributed by atoms with Crippen LogP contribution in [0.4, 0.5) is 11.4 Å². The Balaban J connectivity index is 1.57. The Morgan fingerprint density at radius 1 is 1.15 bits per heavy atom. The van der Waals surface area contributed by atoms with Gasteiger partial charge in [0, 0.05) is 34.7 Å². The number of ether oxygens (including phenoxy) is 1. The number of hydrogen-bond donors (Lipinski definition) is 1. The Morgan fingerprint density at radius 3 is 2.45 bits per heavy atom. The summed E-state index contributed by atoms with van der Waals surface area (Å²) in [7, 11) is 0. The molecule has 3 aromatic rings. The van der Waals surface area contributed by atoms with Crippen LogP contribution in [-0.4, -0.2) is 16.6 Å². The van der Waals surface area contributed by atoms with Crippen molar-refractivity contribution in [1.29, 1.82) is 0 Å². The Bertz CT molecular complexity index is 1250. The van der Waals surface area contributed by atoms with Crippen molar-refractivity contribution < 1.29 is 18.9 Å². The minimum atomic E-state index is -0.578. The van der Waals surface area contributed by atoms with Crippen LogP contribution in [0, 0.1) is 30.9 Å². The predicted octanol–water partition coefficient (Wildman–Crippen LogP) is 6.14. The lowest BCUT2D eigenvalue weighted by molar-refractivity contribution is -0.384. The highest BCUT2D eigenvalue weighted by molar-refractivity contribution is 6.32. The van der Waals surface area contributed by atoms with E-state index in [-0.39, 0.29) is 11.4 Å². The molecule has 9 heteroatoms. The average Bonchev–Trinajstić information content (AvgIpc) is 3.13. The smallest absolute Gasteiger partial charge is 0.379 e. The van der Waals surface area contributed by atoms with Crippen molar-refractivity contribution in [3.8, 4) is 5.75 Å². The number of anilines is 1. The lowest BCUT2D eigenvalue weighted by Gasteiger charge is -2.13. The molecule has 2 aromatic carbocycles. The number of rotatable bonds is 5. The van der Waals surface area contributed by atoms with Gasteiger partial charge in [0.15, 0.2) is 0 Å². The van der Waals surface area contributed by atoms with Gasteiger partial charge in [-0.25, -0.2) is 4.79 Å². The van der Waals surface area contributed by atoms with Gasteiger partial charge >= 0.3 is 5.97 Å². The summed E-state index contributed by atoms with van der Waals surface area (Å²) in [6, 6.07) is 9.43. The van der Waals surface area contributed by atoms with E-state index < -0.39 is 10.9 Å². The fourth-order valence-electron chi connectivity index (χ4n) is 3.88. The third kappa shape index (κ3) is 4.61. The molecule has 1 heterocycles. The topological polar surface area (TPSA) is 107 Å². The van der Waals surface area contributed by atoms with Crippen LogP contribution in [0.2, 0.25) is 5.02 Å². The van der Waals surface area contributed by atoms with E-state index in [0.717, 1.165) is 28.8 Å². The number of esters is 1. The van der Waals surface area contributed by atoms with Crippen molar-refractivity contribution >= 4 is 34.7 Å². The van der Waals surface area contributed by atoms with Gasteiger partial charge in [0.25, 0.3) is 5.69 Å². The van der Waals surface area contributed by atoms with Gasteiger partial charge in [-0.05, 0) is 69.0 Å². The van der Waals surface area contributed by atoms with Crippen molar-refractivity contribution in [2.24, 2.45) is 5.10 Å². The molecular weight excluding hydrogens is 446 g/mol. The van der Waals surface area contributed by atoms with Gasteiger partial charge in [-0.3, -0.25) is 15.5 Å². The third-order valence-corrected chi connectivity index (χ3v) is 6.13. The van der Waals surface area contributed by atoms with Gasteiger partial charge in [0.05, 0.1) is 16.3 Å². The first-order chi connectivity index (χ1) is 15.7. The normalized spacial score (nSPS) is 14.1. The number of nitro groups is 1. The highest BCUT2D eigenvalue weighted by Gasteiger charge is 2.29. The second-order valence-corrected chi connectivity index (χ2v) is 8.32. The molecule has 1 aliphatic carbocycles. The molecule has 170 valence electrons. The van der Waals surface area contributed by atoms with E-state index in [9.17, 15) is 14.9 Å². The first-order valence-corrected chi connectivity index (χ1v) is 10.8. The van der Waals surface area contributed by atoms with Crippen molar-refractivity contribution in [3.63, 3.8) is 0 Å². The predicted molar refractivity (Wildman–Crippen MR) is 126 cm³/mol. The standard InChI is InChI=1S/C24H22ClN3O5/c1-13-11-18(12-14(2)22(13)25)32-24(29)23-15(3)21-19(5-4-6-20(21)33-23)27-26-16-7-9-17(10-8-16)28(30)31/h7-12,26H,4-6H2,1-3H3/b27-19+. The third-order valence-electron chi connectivity index (χ3n) is 5.53. The SMILES string of the molecule is Cc1cc(OC(=O)c2oc3c(c2C)/C(=N/Nc2ccc([N+](=O)[O-])cc2)CCC3)cc(C)c1Cl. The van der Waals surface area contributed by atoms with Gasteiger partial charge in [-0.1, -0.05) is 11.6 Å². The van der Waals surface area contributed by atoms with Crippen molar-refractivity contribution in [2.75, 3.05) is 5.43 Å². The van der Waals surface area contributed by atoms with Gasteiger partial charge < -0.3 is 9.15 Å². The number of hydrogen-bond acceptors (Lipinski definition) is 7. The number of benzene rings is 2. The number of carbonyl (C=O) groups excluding carboxylic acids is 1. The largest absolute Gasteiger partial charge is 0.453 e. The molecule has 1 N–H and O–H groups in total. The molecule has 0 amide bonds. The van der Waals surface area contributed by atoms with Crippen molar-refractivity contribution in [2.45, 2.75) is 40.0 Å². The van der Waals surface area contributed by atoms with E-state index in [1.807, 2.05) is 20.8 Å². The number of aryl methyl sites for hydroxylation is 3. The van der Waals surface area contributed by atoms with E-state index in [1.165, 1.54) is 12.1 Å². The molecule has 0 aliphatic heterocycles. The molecule has 1 aromatic heterocycles. The number of furan rings is 1. The Hall–Kier alpha value is -3.65. The number of nitrogens with zero attached hydrogens (tertiary/aromatic N) is 2. The lowest BCUT2D eigenvalue weighted by atomic mass is 9.93. The number of carbonyl (C=O) groups is 1. The summed E-state index contributed by atoms with van der Waals surface area (Å²) in [6.07, 6.45) is 2.22. The first-order valence-electron chi connectivity index (χ1n) is 10.4. The molecule has 0 radical (unpaired) electrons. The molecule has 0 saturated carbocycles. The summed E-state index contributed by atoms with van der Waals surface area (Å²) in [5, 5.41) is 15.9. The number of fused-ring (bicyclic) bond motifs is 1. The molecule has 0 spiro atoms. The van der Waals surface area contributed by atoms with Crippen LogP contribution in [0.5, 0.6) is 5.75 Å². The zero-order valence-electron chi connectivity index (χ0n) is 18.4. The molecule has 0 unspecified atom stereocenters. The van der Waals surface area contributed by atoms with Crippen LogP contribution in [0.25, 0.3) is 0 Å². The van der Waals surface area contributed by atoms with Crippen LogP contribution in [0.15, 0.2) is 45.9 Å². The fourth-order valence-corrected chi connectivity index (χ4v) is 3.99. The van der Waals surface area contributed by atoms with Crippen molar-refractivity contribution in [3.05, 3.63) is 85.3 Å². The van der Waals surface area contributed by atoms with E-state index in [2.05, 4.69) is 10.5 Å². The maximum absolute atomic E-state index is 12.9. The molecule has 4 rings (SSSR count). The van der Waals surface area contributed by atoms with Gasteiger partial charge in [-0.15, -0.1) is 0 Å². The summed E-state index contributed by atoms with van der Waals surface area (Å²) >= 11 is 6.20. The van der Waals surface area contributed by atoms with Crippen LogP contribution >= 0.6 is 11.6 Å². The molecule has 0 atom stereocenters. The Kier molecular flexibility index (Phi) is 6.20. The van der Waals surface area contributed by atoms with E-state index in [1.54, 1.807) is 24.3 Å². The van der Waals surface area contributed by atoms with E-state index in [4.69, 9.17) is 20.8 Å². The second kappa shape index (κ2) is 9.07. The molecule has 1 aliphatic rings. The van der Waals surface area contributed by atoms with Crippen LogP contribution < -0.4 is 10.2 Å². The maximum atomic E-state index is 12.9. The monoisotopic (exact) mass is 467 g/mol. The highest BCUT2D eigenvalue weighted by Crippen LogP contribution is 2.32. The summed E-state index contributed by atoms with van der Waals surface area (Å²) in [5.41, 5.74) is 7.43. The van der Waals surface area contributed by atoms with Gasteiger partial charge in [-0.2, -0.15) is 5.10 Å². The average molecular weight is 468 g/mol. The van der Waals surface area contributed by atoms with Gasteiger partial charge in [0.2, 0.25) is 5.76 Å². The molecule has 8 nitrogen and oxygen atoms in total. The quantitative estimate of drug-likeness (QED) is 0.209. The number of non-ortho nitro benzene ring substituents is 1. The summed E-state index contributed by atoms with van der Waals surface area (Å²) in [5.74, 6) is 0.668. The highest BCUT2D eigenvalue weighted by atomic mass is 35.5. The van der Waals surface area contributed by atoms with Crippen molar-refractivity contribution in [1.82, 2.24) is 0 Å². The Labute approximate surface area is 195 Å². The molecule has 0 bridgehead atoms. The van der Waals surface area contributed by atoms with Crippen LogP contribution in [0.3, 0.4) is 0 Å². The lowest BCUT2D eigenvalue weighted by Crippen LogP contribution is -2.13. The number of nitro benzene ring substituents is 1.